The predicted octanol–water partition coefficient (Wildman–Crippen LogP) is 2.75. The van der Waals surface area contributed by atoms with Crippen LogP contribution in [0.25, 0.3) is 0 Å². The number of hydrogen-bond acceptors (Lipinski definition) is 6. The van der Waals surface area contributed by atoms with E-state index in [9.17, 15) is 4.79 Å². The van der Waals surface area contributed by atoms with Crippen LogP contribution in [0, 0.1) is 0 Å². The lowest BCUT2D eigenvalue weighted by Gasteiger charge is -2.34. The Labute approximate surface area is 127 Å². The molecule has 1 fully saturated rings. The Morgan fingerprint density at radius 3 is 2.95 bits per heavy atom. The molecule has 6 nitrogen and oxygen atoms in total. The first-order chi connectivity index (χ1) is 10.2. The molecular formula is C14H17N5OS. The molecule has 3 heterocycles. The fraction of sp³-hybridized carbons (Fsp3) is 0.429. The van der Waals surface area contributed by atoms with Crippen LogP contribution in [0.5, 0.6) is 0 Å². The van der Waals surface area contributed by atoms with E-state index in [1.165, 1.54) is 11.3 Å². The minimum Gasteiger partial charge on any atom is -0.334 e. The number of anilines is 2. The number of piperidine rings is 1. The van der Waals surface area contributed by atoms with Crippen LogP contribution < -0.4 is 5.32 Å². The van der Waals surface area contributed by atoms with Crippen molar-refractivity contribution in [2.75, 3.05) is 11.9 Å². The molecule has 0 aromatic carbocycles. The number of hydrogen-bond donors (Lipinski definition) is 1. The number of thiazole rings is 1. The topological polar surface area (TPSA) is 71.0 Å². The first-order valence-corrected chi connectivity index (χ1v) is 7.88. The van der Waals surface area contributed by atoms with Crippen molar-refractivity contribution in [3.05, 3.63) is 29.5 Å². The fourth-order valence-corrected chi connectivity index (χ4v) is 3.32. The largest absolute Gasteiger partial charge is 0.334 e. The molecule has 0 spiro atoms. The zero-order chi connectivity index (χ0) is 14.7. The first-order valence-electron chi connectivity index (χ1n) is 7.01. The molecule has 1 aliphatic heterocycles. The van der Waals surface area contributed by atoms with E-state index in [-0.39, 0.29) is 11.9 Å². The summed E-state index contributed by atoms with van der Waals surface area (Å²) >= 11 is 1.51. The summed E-state index contributed by atoms with van der Waals surface area (Å²) in [5, 5.41) is 5.86. The van der Waals surface area contributed by atoms with E-state index in [2.05, 4.69) is 20.3 Å². The molecular weight excluding hydrogens is 286 g/mol. The highest BCUT2D eigenvalue weighted by Crippen LogP contribution is 2.33. The lowest BCUT2D eigenvalue weighted by atomic mass is 10.00. The van der Waals surface area contributed by atoms with E-state index in [0.29, 0.717) is 5.95 Å². The molecule has 1 saturated heterocycles. The van der Waals surface area contributed by atoms with Crippen LogP contribution >= 0.6 is 11.3 Å². The lowest BCUT2D eigenvalue weighted by Crippen LogP contribution is -2.37. The van der Waals surface area contributed by atoms with E-state index in [1.807, 2.05) is 10.3 Å². The average Bonchev–Trinajstić information content (AvgIpc) is 2.96. The van der Waals surface area contributed by atoms with Gasteiger partial charge < -0.3 is 10.2 Å². The molecule has 1 atom stereocenters. The summed E-state index contributed by atoms with van der Waals surface area (Å²) in [6.07, 6.45) is 6.55. The Morgan fingerprint density at radius 2 is 2.19 bits per heavy atom. The highest BCUT2D eigenvalue weighted by atomic mass is 32.1. The van der Waals surface area contributed by atoms with Gasteiger partial charge in [0.25, 0.3) is 0 Å². The lowest BCUT2D eigenvalue weighted by molar-refractivity contribution is -0.132. The van der Waals surface area contributed by atoms with Crippen molar-refractivity contribution >= 4 is 28.3 Å². The SMILES string of the molecule is CC(=O)N1CCCC[C@H]1c1csc(Nc2ncccn2)n1. The normalized spacial score (nSPS) is 18.5. The Bertz CT molecular complexity index is 615. The maximum absolute atomic E-state index is 11.7. The van der Waals surface area contributed by atoms with Crippen molar-refractivity contribution in [2.45, 2.75) is 32.2 Å². The number of nitrogens with zero attached hydrogens (tertiary/aromatic N) is 4. The Hall–Kier alpha value is -2.02. The van der Waals surface area contributed by atoms with Crippen molar-refractivity contribution in [3.63, 3.8) is 0 Å². The summed E-state index contributed by atoms with van der Waals surface area (Å²) in [6.45, 7) is 2.45. The van der Waals surface area contributed by atoms with E-state index in [4.69, 9.17) is 0 Å². The summed E-state index contributed by atoms with van der Waals surface area (Å²) in [5.74, 6) is 0.652. The number of amides is 1. The third-order valence-electron chi connectivity index (χ3n) is 3.56. The van der Waals surface area contributed by atoms with Gasteiger partial charge in [-0.3, -0.25) is 4.79 Å². The maximum Gasteiger partial charge on any atom is 0.228 e. The minimum absolute atomic E-state index is 0.0970. The molecule has 2 aromatic heterocycles. The van der Waals surface area contributed by atoms with Crippen molar-refractivity contribution in [3.8, 4) is 0 Å². The predicted molar refractivity (Wildman–Crippen MR) is 81.4 cm³/mol. The average molecular weight is 303 g/mol. The highest BCUT2D eigenvalue weighted by Gasteiger charge is 2.27. The van der Waals surface area contributed by atoms with Crippen LogP contribution in [0.1, 0.15) is 37.9 Å². The van der Waals surface area contributed by atoms with Crippen LogP contribution in [0.3, 0.4) is 0 Å². The molecule has 0 saturated carbocycles. The van der Waals surface area contributed by atoms with Gasteiger partial charge in [-0.25, -0.2) is 15.0 Å². The molecule has 2 aromatic rings. The van der Waals surface area contributed by atoms with E-state index < -0.39 is 0 Å². The molecule has 0 radical (unpaired) electrons. The standard InChI is InChI=1S/C14H17N5OS/c1-10(20)19-8-3-2-5-12(19)11-9-21-14(17-11)18-13-15-6-4-7-16-13/h4,6-7,9,12H,2-3,5,8H2,1H3,(H,15,16,17,18)/t12-/m0/s1. The molecule has 110 valence electrons. The Balaban J connectivity index is 1.76. The van der Waals surface area contributed by atoms with Gasteiger partial charge in [-0.05, 0) is 25.3 Å². The summed E-state index contributed by atoms with van der Waals surface area (Å²) in [5.41, 5.74) is 0.952. The molecule has 0 bridgehead atoms. The number of aromatic nitrogens is 3. The van der Waals surface area contributed by atoms with Gasteiger partial charge in [0.2, 0.25) is 11.9 Å². The quantitative estimate of drug-likeness (QED) is 0.944. The maximum atomic E-state index is 11.7. The van der Waals surface area contributed by atoms with Crippen molar-refractivity contribution < 1.29 is 4.79 Å². The highest BCUT2D eigenvalue weighted by molar-refractivity contribution is 7.13. The third-order valence-corrected chi connectivity index (χ3v) is 4.33. The molecule has 1 aliphatic rings. The number of likely N-dealkylation sites (tertiary alicyclic amines) is 1. The van der Waals surface area contributed by atoms with Gasteiger partial charge in [-0.1, -0.05) is 0 Å². The van der Waals surface area contributed by atoms with E-state index in [0.717, 1.165) is 36.6 Å². The molecule has 1 amide bonds. The number of nitrogens with one attached hydrogen (secondary N) is 1. The summed E-state index contributed by atoms with van der Waals surface area (Å²) in [6, 6.07) is 1.87. The number of carbonyl (C=O) groups is 1. The first kappa shape index (κ1) is 13.9. The van der Waals surface area contributed by atoms with Crippen molar-refractivity contribution in [1.82, 2.24) is 19.9 Å². The van der Waals surface area contributed by atoms with E-state index in [1.54, 1.807) is 25.4 Å². The minimum atomic E-state index is 0.0970. The smallest absolute Gasteiger partial charge is 0.228 e. The zero-order valence-corrected chi connectivity index (χ0v) is 12.6. The van der Waals surface area contributed by atoms with Crippen LogP contribution in [-0.4, -0.2) is 32.3 Å². The summed E-state index contributed by atoms with van der Waals surface area (Å²) < 4.78 is 0. The third kappa shape index (κ3) is 3.18. The van der Waals surface area contributed by atoms with Gasteiger partial charge in [0.05, 0.1) is 11.7 Å². The van der Waals surface area contributed by atoms with Crippen LogP contribution in [0.2, 0.25) is 0 Å². The van der Waals surface area contributed by atoms with Crippen LogP contribution in [0.15, 0.2) is 23.8 Å². The van der Waals surface area contributed by atoms with E-state index >= 15 is 0 Å². The van der Waals surface area contributed by atoms with Crippen LogP contribution in [0.4, 0.5) is 11.1 Å². The molecule has 7 heteroatoms. The van der Waals surface area contributed by atoms with Gasteiger partial charge in [-0.15, -0.1) is 11.3 Å². The Kier molecular flexibility index (Phi) is 4.10. The molecule has 21 heavy (non-hydrogen) atoms. The molecule has 1 N–H and O–H groups in total. The van der Waals surface area contributed by atoms with Gasteiger partial charge >= 0.3 is 0 Å². The fourth-order valence-electron chi connectivity index (χ4n) is 2.57. The van der Waals surface area contributed by atoms with Gasteiger partial charge in [0.1, 0.15) is 0 Å². The van der Waals surface area contributed by atoms with Gasteiger partial charge in [0.15, 0.2) is 5.13 Å². The number of carbonyl (C=O) groups excluding carboxylic acids is 1. The van der Waals surface area contributed by atoms with Crippen LogP contribution in [-0.2, 0) is 4.79 Å². The zero-order valence-electron chi connectivity index (χ0n) is 11.8. The summed E-state index contributed by atoms with van der Waals surface area (Å²) in [7, 11) is 0. The molecule has 0 unspecified atom stereocenters. The molecule has 0 aliphatic carbocycles. The Morgan fingerprint density at radius 1 is 1.38 bits per heavy atom. The number of rotatable bonds is 3. The van der Waals surface area contributed by atoms with Gasteiger partial charge in [0, 0.05) is 31.2 Å². The summed E-state index contributed by atoms with van der Waals surface area (Å²) in [4.78, 5) is 26.5. The second-order valence-electron chi connectivity index (χ2n) is 5.00. The van der Waals surface area contributed by atoms with Crippen molar-refractivity contribution in [1.29, 1.82) is 0 Å². The second-order valence-corrected chi connectivity index (χ2v) is 5.86. The second kappa shape index (κ2) is 6.17. The van der Waals surface area contributed by atoms with Crippen molar-refractivity contribution in [2.24, 2.45) is 0 Å². The van der Waals surface area contributed by atoms with Gasteiger partial charge in [-0.2, -0.15) is 0 Å². The monoisotopic (exact) mass is 303 g/mol. The molecule has 3 rings (SSSR count).